The lowest BCUT2D eigenvalue weighted by atomic mass is 10.1. The molecule has 2 aromatic rings. The van der Waals surface area contributed by atoms with Gasteiger partial charge in [0.05, 0.1) is 17.2 Å². The summed E-state index contributed by atoms with van der Waals surface area (Å²) >= 11 is 0. The normalized spacial score (nSPS) is 13.0. The summed E-state index contributed by atoms with van der Waals surface area (Å²) in [4.78, 5) is 23.9. The van der Waals surface area contributed by atoms with Gasteiger partial charge in [0, 0.05) is 10.6 Å². The van der Waals surface area contributed by atoms with Crippen molar-refractivity contribution in [3.05, 3.63) is 65.7 Å². The van der Waals surface area contributed by atoms with Crippen molar-refractivity contribution >= 4 is 22.7 Å². The van der Waals surface area contributed by atoms with E-state index in [1.807, 2.05) is 0 Å². The predicted octanol–water partition coefficient (Wildman–Crippen LogP) is 2.27. The molecule has 2 aromatic carbocycles. The molecule has 138 valence electrons. The van der Waals surface area contributed by atoms with Gasteiger partial charge >= 0.3 is 5.97 Å². The van der Waals surface area contributed by atoms with Crippen molar-refractivity contribution in [2.24, 2.45) is 0 Å². The molecule has 2 rings (SSSR count). The van der Waals surface area contributed by atoms with Crippen molar-refractivity contribution in [2.75, 3.05) is 5.75 Å². The number of amides is 1. The summed E-state index contributed by atoms with van der Waals surface area (Å²) in [7, 11) is -1.38. The minimum atomic E-state index is -1.38. The molecule has 26 heavy (non-hydrogen) atoms. The highest BCUT2D eigenvalue weighted by Crippen LogP contribution is 2.10. The van der Waals surface area contributed by atoms with Gasteiger partial charge in [-0.05, 0) is 36.2 Å². The van der Waals surface area contributed by atoms with Crippen molar-refractivity contribution < 1.29 is 27.7 Å². The minimum Gasteiger partial charge on any atom is -0.480 e. The number of hydrogen-bond donors (Lipinski definition) is 2. The zero-order valence-corrected chi connectivity index (χ0v) is 14.5. The number of aliphatic carboxylic acids is 1. The van der Waals surface area contributed by atoms with Gasteiger partial charge in [-0.3, -0.25) is 9.00 Å². The summed E-state index contributed by atoms with van der Waals surface area (Å²) in [5.41, 5.74) is 0.221. The quantitative estimate of drug-likeness (QED) is 0.735. The second kappa shape index (κ2) is 9.19. The van der Waals surface area contributed by atoms with Gasteiger partial charge in [-0.2, -0.15) is 0 Å². The maximum absolute atomic E-state index is 13.2. The fourth-order valence-corrected chi connectivity index (χ4v) is 3.40. The summed E-state index contributed by atoms with van der Waals surface area (Å²) in [6.07, 6.45) is -0.316. The third kappa shape index (κ3) is 5.73. The molecule has 0 saturated carbocycles. The van der Waals surface area contributed by atoms with E-state index in [2.05, 4.69) is 5.32 Å². The Balaban J connectivity index is 1.92. The van der Waals surface area contributed by atoms with Gasteiger partial charge in [0.15, 0.2) is 11.6 Å². The lowest BCUT2D eigenvalue weighted by molar-refractivity contribution is -0.141. The van der Waals surface area contributed by atoms with Gasteiger partial charge in [-0.15, -0.1) is 0 Å². The first-order valence-corrected chi connectivity index (χ1v) is 9.08. The first kappa shape index (κ1) is 19.7. The number of halogens is 2. The Morgan fingerprint density at radius 1 is 1.08 bits per heavy atom. The van der Waals surface area contributed by atoms with Crippen LogP contribution in [0.25, 0.3) is 0 Å². The monoisotopic (exact) mass is 381 g/mol. The Bertz CT molecular complexity index is 814. The molecule has 0 aliphatic heterocycles. The maximum atomic E-state index is 13.2. The lowest BCUT2D eigenvalue weighted by Gasteiger charge is -2.14. The van der Waals surface area contributed by atoms with E-state index in [-0.39, 0.29) is 24.2 Å². The van der Waals surface area contributed by atoms with Crippen molar-refractivity contribution in [3.63, 3.8) is 0 Å². The Kier molecular flexibility index (Phi) is 6.97. The SMILES string of the molecule is O=C(Cc1ccc(F)c(F)c1)N[C@H](CC[S@@](=O)c1ccccc1)C(=O)O. The fourth-order valence-electron chi connectivity index (χ4n) is 2.25. The number of carboxylic acid groups (broad SMARTS) is 1. The van der Waals surface area contributed by atoms with Crippen LogP contribution >= 0.6 is 0 Å². The highest BCUT2D eigenvalue weighted by Gasteiger charge is 2.21. The topological polar surface area (TPSA) is 83.5 Å². The first-order valence-electron chi connectivity index (χ1n) is 7.76. The van der Waals surface area contributed by atoms with Crippen LogP contribution in [0.15, 0.2) is 53.4 Å². The molecule has 8 heteroatoms. The number of carbonyl (C=O) groups is 2. The van der Waals surface area contributed by atoms with E-state index in [1.165, 1.54) is 6.07 Å². The van der Waals surface area contributed by atoms with Gasteiger partial charge in [0.1, 0.15) is 6.04 Å². The summed E-state index contributed by atoms with van der Waals surface area (Å²) in [5.74, 6) is -3.95. The van der Waals surface area contributed by atoms with Crippen LogP contribution in [0.1, 0.15) is 12.0 Å². The molecule has 0 bridgehead atoms. The van der Waals surface area contributed by atoms with E-state index in [1.54, 1.807) is 30.3 Å². The molecule has 0 spiro atoms. The third-order valence-electron chi connectivity index (χ3n) is 3.58. The molecule has 0 heterocycles. The van der Waals surface area contributed by atoms with Gasteiger partial charge in [0.25, 0.3) is 0 Å². The van der Waals surface area contributed by atoms with Crippen LogP contribution in [0.4, 0.5) is 8.78 Å². The molecular formula is C18H17F2NO4S. The fraction of sp³-hybridized carbons (Fsp3) is 0.222. The molecule has 0 radical (unpaired) electrons. The zero-order valence-electron chi connectivity index (χ0n) is 13.7. The standard InChI is InChI=1S/C18H17F2NO4S/c19-14-7-6-12(10-15(14)20)11-17(22)21-16(18(23)24)8-9-26(25)13-4-2-1-3-5-13/h1-7,10,16H,8-9,11H2,(H,21,22)(H,23,24)/t16-,26-/m1/s1. The van der Waals surface area contributed by atoms with Crippen molar-refractivity contribution in [3.8, 4) is 0 Å². The number of carbonyl (C=O) groups excluding carboxylic acids is 1. The van der Waals surface area contributed by atoms with Crippen LogP contribution in [-0.4, -0.2) is 33.0 Å². The Hall–Kier alpha value is -2.61. The largest absolute Gasteiger partial charge is 0.480 e. The van der Waals surface area contributed by atoms with Crippen LogP contribution in [0, 0.1) is 11.6 Å². The second-order valence-corrected chi connectivity index (χ2v) is 7.11. The third-order valence-corrected chi connectivity index (χ3v) is 4.98. The van der Waals surface area contributed by atoms with E-state index in [0.29, 0.717) is 4.90 Å². The molecule has 0 unspecified atom stereocenters. The smallest absolute Gasteiger partial charge is 0.326 e. The van der Waals surface area contributed by atoms with Gasteiger partial charge in [0.2, 0.25) is 5.91 Å². The number of nitrogens with one attached hydrogen (secondary N) is 1. The second-order valence-electron chi connectivity index (χ2n) is 5.53. The number of hydrogen-bond acceptors (Lipinski definition) is 3. The summed E-state index contributed by atoms with van der Waals surface area (Å²) in [6, 6.07) is 10.4. The molecule has 1 amide bonds. The molecule has 0 aromatic heterocycles. The Labute approximate surface area is 151 Å². The van der Waals surface area contributed by atoms with Crippen LogP contribution < -0.4 is 5.32 Å². The predicted molar refractivity (Wildman–Crippen MR) is 92.0 cm³/mol. The minimum absolute atomic E-state index is 0.0274. The molecular weight excluding hydrogens is 364 g/mol. The van der Waals surface area contributed by atoms with E-state index in [0.717, 1.165) is 12.1 Å². The molecule has 0 aliphatic carbocycles. The van der Waals surface area contributed by atoms with E-state index in [4.69, 9.17) is 0 Å². The summed E-state index contributed by atoms with van der Waals surface area (Å²) in [6.45, 7) is 0. The molecule has 0 aliphatic rings. The first-order chi connectivity index (χ1) is 12.4. The van der Waals surface area contributed by atoms with E-state index < -0.39 is 40.4 Å². The number of carboxylic acids is 1. The summed E-state index contributed by atoms with van der Waals surface area (Å²) < 4.78 is 38.2. The van der Waals surface area contributed by atoms with Crippen molar-refractivity contribution in [2.45, 2.75) is 23.8 Å². The van der Waals surface area contributed by atoms with Crippen LogP contribution in [0.2, 0.25) is 0 Å². The number of benzene rings is 2. The van der Waals surface area contributed by atoms with Crippen LogP contribution in [-0.2, 0) is 26.8 Å². The van der Waals surface area contributed by atoms with E-state index >= 15 is 0 Å². The highest BCUT2D eigenvalue weighted by molar-refractivity contribution is 7.85. The molecule has 2 atom stereocenters. The van der Waals surface area contributed by atoms with Gasteiger partial charge in [-0.1, -0.05) is 24.3 Å². The Morgan fingerprint density at radius 2 is 1.77 bits per heavy atom. The average Bonchev–Trinajstić information content (AvgIpc) is 2.62. The highest BCUT2D eigenvalue weighted by atomic mass is 32.2. The Morgan fingerprint density at radius 3 is 2.38 bits per heavy atom. The average molecular weight is 381 g/mol. The van der Waals surface area contributed by atoms with E-state index in [9.17, 15) is 27.7 Å². The van der Waals surface area contributed by atoms with Crippen LogP contribution in [0.5, 0.6) is 0 Å². The van der Waals surface area contributed by atoms with Gasteiger partial charge < -0.3 is 10.4 Å². The molecule has 5 nitrogen and oxygen atoms in total. The van der Waals surface area contributed by atoms with Crippen molar-refractivity contribution in [1.29, 1.82) is 0 Å². The maximum Gasteiger partial charge on any atom is 0.326 e. The summed E-state index contributed by atoms with van der Waals surface area (Å²) in [5, 5.41) is 11.5. The zero-order chi connectivity index (χ0) is 19.1. The molecule has 2 N–H and O–H groups in total. The van der Waals surface area contributed by atoms with Gasteiger partial charge in [-0.25, -0.2) is 13.6 Å². The van der Waals surface area contributed by atoms with Crippen molar-refractivity contribution in [1.82, 2.24) is 5.32 Å². The molecule has 0 fully saturated rings. The number of rotatable bonds is 8. The molecule has 0 saturated heterocycles. The lowest BCUT2D eigenvalue weighted by Crippen LogP contribution is -2.42. The van der Waals surface area contributed by atoms with Crippen LogP contribution in [0.3, 0.4) is 0 Å².